The van der Waals surface area contributed by atoms with Gasteiger partial charge in [-0.2, -0.15) is 5.10 Å². The van der Waals surface area contributed by atoms with E-state index in [0.29, 0.717) is 39.7 Å². The van der Waals surface area contributed by atoms with Gasteiger partial charge in [-0.1, -0.05) is 24.3 Å². The molecule has 37 heavy (non-hydrogen) atoms. The summed E-state index contributed by atoms with van der Waals surface area (Å²) in [6, 6.07) is 17.7. The fraction of sp³-hybridized carbons (Fsp3) is 0.0741. The van der Waals surface area contributed by atoms with Crippen molar-refractivity contribution in [3.8, 4) is 5.69 Å². The van der Waals surface area contributed by atoms with Crippen molar-refractivity contribution in [3.63, 3.8) is 0 Å². The minimum Gasteiger partial charge on any atom is -0.346 e. The van der Waals surface area contributed by atoms with Crippen LogP contribution in [0.25, 0.3) is 22.3 Å². The Morgan fingerprint density at radius 1 is 0.973 bits per heavy atom. The molecule has 0 atom stereocenters. The van der Waals surface area contributed by atoms with Crippen molar-refractivity contribution >= 4 is 45.6 Å². The van der Waals surface area contributed by atoms with Crippen LogP contribution >= 0.6 is 0 Å². The van der Waals surface area contributed by atoms with E-state index in [4.69, 9.17) is 0 Å². The molecule has 0 aliphatic rings. The number of anilines is 4. The predicted molar refractivity (Wildman–Crippen MR) is 146 cm³/mol. The number of nitrogens with zero attached hydrogens (tertiary/aromatic N) is 4. The standard InChI is InChI=1S/C27H24N8O2/c1-16(2)21-14-23(35(34-21)20-10-4-17(3)5-11-20)33-27(37)32-19-8-6-18(7-9-19)31-26-24-22(36)12-13-28-25(24)29-15-30-26/h4-15H,1H2,2-3H3,(H2,32,33,37)(H2,28,29,30,31,36). The molecular formula is C27H24N8O2. The molecule has 0 saturated heterocycles. The molecule has 0 saturated carbocycles. The van der Waals surface area contributed by atoms with E-state index >= 15 is 0 Å². The van der Waals surface area contributed by atoms with Gasteiger partial charge in [0.15, 0.2) is 5.43 Å². The second-order valence-electron chi connectivity index (χ2n) is 8.51. The van der Waals surface area contributed by atoms with Gasteiger partial charge >= 0.3 is 6.03 Å². The molecule has 0 fully saturated rings. The maximum Gasteiger partial charge on any atom is 0.324 e. The minimum absolute atomic E-state index is 0.188. The number of hydrogen-bond donors (Lipinski definition) is 4. The lowest BCUT2D eigenvalue weighted by Gasteiger charge is -2.11. The number of benzene rings is 2. The Bertz CT molecular complexity index is 1660. The molecular weight excluding hydrogens is 468 g/mol. The Hall–Kier alpha value is -5.25. The summed E-state index contributed by atoms with van der Waals surface area (Å²) in [4.78, 5) is 36.3. The van der Waals surface area contributed by atoms with Crippen molar-refractivity contribution in [2.75, 3.05) is 16.0 Å². The number of pyridine rings is 1. The Morgan fingerprint density at radius 3 is 2.43 bits per heavy atom. The van der Waals surface area contributed by atoms with Crippen LogP contribution in [0.3, 0.4) is 0 Å². The second-order valence-corrected chi connectivity index (χ2v) is 8.51. The summed E-state index contributed by atoms with van der Waals surface area (Å²) in [7, 11) is 0. The first-order valence-corrected chi connectivity index (χ1v) is 11.5. The molecule has 5 rings (SSSR count). The lowest BCUT2D eigenvalue weighted by Crippen LogP contribution is -2.21. The largest absolute Gasteiger partial charge is 0.346 e. The first kappa shape index (κ1) is 23.5. The normalized spacial score (nSPS) is 10.8. The van der Waals surface area contributed by atoms with E-state index in [1.54, 1.807) is 41.2 Å². The molecule has 0 aliphatic heterocycles. The molecule has 0 radical (unpaired) electrons. The summed E-state index contributed by atoms with van der Waals surface area (Å²) in [6.07, 6.45) is 2.92. The van der Waals surface area contributed by atoms with E-state index in [9.17, 15) is 9.59 Å². The van der Waals surface area contributed by atoms with Crippen molar-refractivity contribution in [1.29, 1.82) is 0 Å². The van der Waals surface area contributed by atoms with E-state index < -0.39 is 6.03 Å². The van der Waals surface area contributed by atoms with E-state index in [-0.39, 0.29) is 5.43 Å². The number of aryl methyl sites for hydroxylation is 1. The molecule has 2 amide bonds. The summed E-state index contributed by atoms with van der Waals surface area (Å²) >= 11 is 0. The van der Waals surface area contributed by atoms with Gasteiger partial charge in [-0.3, -0.25) is 10.1 Å². The van der Waals surface area contributed by atoms with Crippen LogP contribution in [-0.4, -0.2) is 30.8 Å². The molecule has 0 spiro atoms. The fourth-order valence-corrected chi connectivity index (χ4v) is 3.72. The number of aromatic amines is 1. The highest BCUT2D eigenvalue weighted by Crippen LogP contribution is 2.23. The van der Waals surface area contributed by atoms with Crippen LogP contribution in [0.2, 0.25) is 0 Å². The average molecular weight is 493 g/mol. The minimum atomic E-state index is -0.421. The molecule has 0 aliphatic carbocycles. The van der Waals surface area contributed by atoms with Gasteiger partial charge in [-0.05, 0) is 55.8 Å². The summed E-state index contributed by atoms with van der Waals surface area (Å²) < 4.78 is 1.67. The number of carbonyl (C=O) groups excluding carboxylic acids is 1. The molecule has 10 nitrogen and oxygen atoms in total. The van der Waals surface area contributed by atoms with E-state index in [1.165, 1.54) is 12.4 Å². The number of urea groups is 1. The van der Waals surface area contributed by atoms with Gasteiger partial charge in [-0.25, -0.2) is 19.4 Å². The quantitative estimate of drug-likeness (QED) is 0.257. The van der Waals surface area contributed by atoms with Crippen molar-refractivity contribution in [1.82, 2.24) is 24.7 Å². The summed E-state index contributed by atoms with van der Waals surface area (Å²) in [6.45, 7) is 7.83. The van der Waals surface area contributed by atoms with E-state index in [1.807, 2.05) is 38.1 Å². The van der Waals surface area contributed by atoms with Crippen molar-refractivity contribution in [3.05, 3.63) is 101 Å². The Labute approximate surface area is 212 Å². The van der Waals surface area contributed by atoms with Crippen LogP contribution in [-0.2, 0) is 0 Å². The maximum atomic E-state index is 12.8. The van der Waals surface area contributed by atoms with Crippen LogP contribution in [0.5, 0.6) is 0 Å². The van der Waals surface area contributed by atoms with Gasteiger partial charge in [0.1, 0.15) is 29.0 Å². The lowest BCUT2D eigenvalue weighted by molar-refractivity contribution is 0.262. The Balaban J connectivity index is 1.31. The Kier molecular flexibility index (Phi) is 6.21. The topological polar surface area (TPSA) is 130 Å². The predicted octanol–water partition coefficient (Wildman–Crippen LogP) is 5.23. The second kappa shape index (κ2) is 9.78. The lowest BCUT2D eigenvalue weighted by atomic mass is 10.2. The van der Waals surface area contributed by atoms with Gasteiger partial charge in [0.2, 0.25) is 0 Å². The fourth-order valence-electron chi connectivity index (χ4n) is 3.72. The third-order valence-electron chi connectivity index (χ3n) is 5.62. The molecule has 4 N–H and O–H groups in total. The molecule has 3 aromatic heterocycles. The van der Waals surface area contributed by atoms with Crippen LogP contribution in [0.4, 0.5) is 27.8 Å². The van der Waals surface area contributed by atoms with Crippen LogP contribution in [0.15, 0.2) is 84.6 Å². The van der Waals surface area contributed by atoms with Gasteiger partial charge in [0.25, 0.3) is 0 Å². The third kappa shape index (κ3) is 5.08. The van der Waals surface area contributed by atoms with Crippen LogP contribution in [0.1, 0.15) is 18.2 Å². The summed E-state index contributed by atoms with van der Waals surface area (Å²) in [5.41, 5.74) is 4.94. The number of rotatable bonds is 6. The number of nitrogens with one attached hydrogen (secondary N) is 4. The first-order chi connectivity index (χ1) is 17.9. The third-order valence-corrected chi connectivity index (χ3v) is 5.62. The van der Waals surface area contributed by atoms with Crippen molar-refractivity contribution in [2.45, 2.75) is 13.8 Å². The zero-order chi connectivity index (χ0) is 25.9. The summed E-state index contributed by atoms with van der Waals surface area (Å²) in [5, 5.41) is 13.8. The molecule has 5 aromatic rings. The Morgan fingerprint density at radius 2 is 1.70 bits per heavy atom. The first-order valence-electron chi connectivity index (χ1n) is 11.5. The van der Waals surface area contributed by atoms with E-state index in [0.717, 1.165) is 16.8 Å². The molecule has 10 heteroatoms. The number of allylic oxidation sites excluding steroid dienone is 1. The van der Waals surface area contributed by atoms with Crippen LogP contribution < -0.4 is 21.4 Å². The zero-order valence-corrected chi connectivity index (χ0v) is 20.2. The van der Waals surface area contributed by atoms with Gasteiger partial charge < -0.3 is 15.6 Å². The van der Waals surface area contributed by atoms with Crippen molar-refractivity contribution < 1.29 is 4.79 Å². The van der Waals surface area contributed by atoms with Gasteiger partial charge in [-0.15, -0.1) is 0 Å². The van der Waals surface area contributed by atoms with Crippen LogP contribution in [0, 0.1) is 6.92 Å². The average Bonchev–Trinajstić information content (AvgIpc) is 3.30. The molecule has 184 valence electrons. The van der Waals surface area contributed by atoms with Gasteiger partial charge in [0, 0.05) is 29.7 Å². The highest BCUT2D eigenvalue weighted by molar-refractivity contribution is 5.99. The summed E-state index contributed by atoms with van der Waals surface area (Å²) in [5.74, 6) is 0.904. The monoisotopic (exact) mass is 492 g/mol. The molecule has 0 unspecified atom stereocenters. The number of aromatic nitrogens is 5. The molecule has 3 heterocycles. The number of fused-ring (bicyclic) bond motifs is 1. The molecule has 0 bridgehead atoms. The maximum absolute atomic E-state index is 12.8. The SMILES string of the molecule is C=C(C)c1cc(NC(=O)Nc2ccc(Nc3ncnc4[nH]ccc(=O)c34)cc2)n(-c2ccc(C)cc2)n1. The highest BCUT2D eigenvalue weighted by Gasteiger charge is 2.14. The van der Waals surface area contributed by atoms with Gasteiger partial charge in [0.05, 0.1) is 11.4 Å². The number of hydrogen-bond acceptors (Lipinski definition) is 6. The number of amides is 2. The van der Waals surface area contributed by atoms with E-state index in [2.05, 4.69) is 42.6 Å². The molecule has 2 aromatic carbocycles. The van der Waals surface area contributed by atoms with Crippen molar-refractivity contribution in [2.24, 2.45) is 0 Å². The number of H-pyrrole nitrogens is 1. The number of carbonyl (C=O) groups is 1. The zero-order valence-electron chi connectivity index (χ0n) is 20.2. The smallest absolute Gasteiger partial charge is 0.324 e. The highest BCUT2D eigenvalue weighted by atomic mass is 16.2.